The van der Waals surface area contributed by atoms with Gasteiger partial charge < -0.3 is 5.32 Å². The van der Waals surface area contributed by atoms with E-state index < -0.39 is 0 Å². The zero-order chi connectivity index (χ0) is 16.1. The first kappa shape index (κ1) is 16.4. The molecule has 6 heteroatoms. The molecule has 1 amide bonds. The van der Waals surface area contributed by atoms with Crippen LogP contribution in [0.2, 0.25) is 5.02 Å². The first-order valence-corrected chi connectivity index (χ1v) is 7.58. The van der Waals surface area contributed by atoms with E-state index in [2.05, 4.69) is 29.5 Å². The lowest BCUT2D eigenvalue weighted by molar-refractivity contribution is 0.0977. The molecule has 0 atom stereocenters. The van der Waals surface area contributed by atoms with Crippen LogP contribution in [0.5, 0.6) is 0 Å². The molecule has 0 bridgehead atoms. The van der Waals surface area contributed by atoms with Gasteiger partial charge in [-0.1, -0.05) is 37.6 Å². The lowest BCUT2D eigenvalue weighted by Crippen LogP contribution is -2.34. The summed E-state index contributed by atoms with van der Waals surface area (Å²) in [6, 6.07) is 10.8. The molecule has 2 N–H and O–H groups in total. The number of hydrogen-bond donors (Lipinski definition) is 2. The smallest absolute Gasteiger partial charge is 0.257 e. The van der Waals surface area contributed by atoms with Crippen LogP contribution >= 0.6 is 23.8 Å². The van der Waals surface area contributed by atoms with Crippen LogP contribution in [0.15, 0.2) is 42.6 Å². The number of carbonyl (C=O) groups is 1. The molecule has 1 aromatic carbocycles. The van der Waals surface area contributed by atoms with Crippen LogP contribution in [0.25, 0.3) is 0 Å². The molecular weight excluding hydrogens is 318 g/mol. The molecule has 4 nitrogen and oxygen atoms in total. The fraction of sp³-hybridized carbons (Fsp3) is 0.188. The number of benzene rings is 1. The molecule has 1 aromatic heterocycles. The van der Waals surface area contributed by atoms with Gasteiger partial charge in [0.2, 0.25) is 0 Å². The van der Waals surface area contributed by atoms with Crippen LogP contribution in [0, 0.1) is 0 Å². The topological polar surface area (TPSA) is 54.0 Å². The minimum atomic E-state index is -0.262. The quantitative estimate of drug-likeness (QED) is 0.834. The highest BCUT2D eigenvalue weighted by molar-refractivity contribution is 7.80. The average Bonchev–Trinajstić information content (AvgIpc) is 2.49. The van der Waals surface area contributed by atoms with Gasteiger partial charge in [-0.3, -0.25) is 10.1 Å². The van der Waals surface area contributed by atoms with Gasteiger partial charge in [0.15, 0.2) is 5.11 Å². The SMILES string of the molecule is CC(C)c1ccc(C(=O)NC(=S)Nc2ccc(Cl)cn2)cc1. The van der Waals surface area contributed by atoms with Gasteiger partial charge in [-0.15, -0.1) is 0 Å². The molecule has 2 aromatic rings. The zero-order valence-corrected chi connectivity index (χ0v) is 13.8. The molecule has 0 aliphatic rings. The van der Waals surface area contributed by atoms with Gasteiger partial charge in [0.1, 0.15) is 5.82 Å². The van der Waals surface area contributed by atoms with Gasteiger partial charge in [0.05, 0.1) is 5.02 Å². The Kier molecular flexibility index (Phi) is 5.46. The Morgan fingerprint density at radius 3 is 2.41 bits per heavy atom. The predicted molar refractivity (Wildman–Crippen MR) is 93.5 cm³/mol. The van der Waals surface area contributed by atoms with Crippen molar-refractivity contribution in [2.24, 2.45) is 0 Å². The van der Waals surface area contributed by atoms with E-state index in [0.717, 1.165) is 0 Å². The molecule has 0 aliphatic heterocycles. The number of aromatic nitrogens is 1. The minimum Gasteiger partial charge on any atom is -0.317 e. The number of hydrogen-bond acceptors (Lipinski definition) is 3. The molecule has 0 radical (unpaired) electrons. The highest BCUT2D eigenvalue weighted by Crippen LogP contribution is 2.14. The van der Waals surface area contributed by atoms with Crippen molar-refractivity contribution in [3.8, 4) is 0 Å². The second-order valence-corrected chi connectivity index (χ2v) is 5.89. The maximum Gasteiger partial charge on any atom is 0.257 e. The summed E-state index contributed by atoms with van der Waals surface area (Å²) in [5.74, 6) is 0.683. The normalized spacial score (nSPS) is 10.4. The Bertz CT molecular complexity index is 669. The van der Waals surface area contributed by atoms with Crippen LogP contribution in [0.3, 0.4) is 0 Å². The number of amides is 1. The van der Waals surface area contributed by atoms with Crippen molar-refractivity contribution >= 4 is 40.7 Å². The predicted octanol–water partition coefficient (Wildman–Crippen LogP) is 3.99. The van der Waals surface area contributed by atoms with Crippen LogP contribution < -0.4 is 10.6 Å². The zero-order valence-electron chi connectivity index (χ0n) is 12.3. The Morgan fingerprint density at radius 2 is 1.86 bits per heavy atom. The standard InChI is InChI=1S/C16H16ClN3OS/c1-10(2)11-3-5-12(6-4-11)15(21)20-16(22)19-14-8-7-13(17)9-18-14/h3-10H,1-2H3,(H2,18,19,20,21,22). The van der Waals surface area contributed by atoms with Gasteiger partial charge in [-0.05, 0) is 48.0 Å². The molecule has 114 valence electrons. The van der Waals surface area contributed by atoms with E-state index >= 15 is 0 Å². The number of rotatable bonds is 3. The van der Waals surface area contributed by atoms with E-state index in [1.807, 2.05) is 12.1 Å². The van der Waals surface area contributed by atoms with Crippen LogP contribution in [-0.4, -0.2) is 16.0 Å². The van der Waals surface area contributed by atoms with Crippen molar-refractivity contribution in [1.29, 1.82) is 0 Å². The van der Waals surface area contributed by atoms with Crippen molar-refractivity contribution in [3.63, 3.8) is 0 Å². The number of anilines is 1. The third kappa shape index (κ3) is 4.51. The van der Waals surface area contributed by atoms with Crippen LogP contribution in [-0.2, 0) is 0 Å². The Labute approximate surface area is 139 Å². The van der Waals surface area contributed by atoms with Crippen molar-refractivity contribution in [1.82, 2.24) is 10.3 Å². The fourth-order valence-corrected chi connectivity index (χ4v) is 2.10. The lowest BCUT2D eigenvalue weighted by Gasteiger charge is -2.10. The fourth-order valence-electron chi connectivity index (χ4n) is 1.79. The van der Waals surface area contributed by atoms with Crippen molar-refractivity contribution in [2.45, 2.75) is 19.8 Å². The Morgan fingerprint density at radius 1 is 1.18 bits per heavy atom. The van der Waals surface area contributed by atoms with Crippen molar-refractivity contribution in [3.05, 3.63) is 58.7 Å². The molecule has 0 saturated carbocycles. The highest BCUT2D eigenvalue weighted by Gasteiger charge is 2.09. The van der Waals surface area contributed by atoms with E-state index in [-0.39, 0.29) is 11.0 Å². The second kappa shape index (κ2) is 7.33. The number of nitrogens with zero attached hydrogens (tertiary/aromatic N) is 1. The second-order valence-electron chi connectivity index (χ2n) is 5.05. The number of pyridine rings is 1. The maximum absolute atomic E-state index is 12.1. The summed E-state index contributed by atoms with van der Waals surface area (Å²) in [6.45, 7) is 4.21. The first-order valence-electron chi connectivity index (χ1n) is 6.79. The van der Waals surface area contributed by atoms with E-state index in [1.165, 1.54) is 11.8 Å². The first-order chi connectivity index (χ1) is 10.5. The molecule has 0 fully saturated rings. The number of nitrogens with one attached hydrogen (secondary N) is 2. The summed E-state index contributed by atoms with van der Waals surface area (Å²) in [4.78, 5) is 16.1. The van der Waals surface area contributed by atoms with E-state index in [9.17, 15) is 4.79 Å². The minimum absolute atomic E-state index is 0.188. The van der Waals surface area contributed by atoms with Gasteiger partial charge in [-0.2, -0.15) is 0 Å². The maximum atomic E-state index is 12.1. The summed E-state index contributed by atoms with van der Waals surface area (Å²) in [7, 11) is 0. The Balaban J connectivity index is 1.96. The molecule has 0 aliphatic carbocycles. The van der Waals surface area contributed by atoms with Crippen molar-refractivity contribution < 1.29 is 4.79 Å². The van der Waals surface area contributed by atoms with Gasteiger partial charge in [0, 0.05) is 11.8 Å². The van der Waals surface area contributed by atoms with Gasteiger partial charge >= 0.3 is 0 Å². The third-order valence-electron chi connectivity index (χ3n) is 3.04. The Hall–Kier alpha value is -1.98. The molecule has 22 heavy (non-hydrogen) atoms. The average molecular weight is 334 g/mol. The molecule has 0 spiro atoms. The van der Waals surface area contributed by atoms with Crippen LogP contribution in [0.1, 0.15) is 35.7 Å². The summed E-state index contributed by atoms with van der Waals surface area (Å²) in [6.07, 6.45) is 1.50. The van der Waals surface area contributed by atoms with E-state index in [0.29, 0.717) is 22.3 Å². The molecule has 2 rings (SSSR count). The summed E-state index contributed by atoms with van der Waals surface area (Å²) >= 11 is 10.9. The summed E-state index contributed by atoms with van der Waals surface area (Å²) in [5.41, 5.74) is 1.74. The summed E-state index contributed by atoms with van der Waals surface area (Å²) in [5, 5.41) is 6.17. The monoisotopic (exact) mass is 333 g/mol. The molecule has 0 saturated heterocycles. The summed E-state index contributed by atoms with van der Waals surface area (Å²) < 4.78 is 0. The van der Waals surface area contributed by atoms with E-state index in [4.69, 9.17) is 23.8 Å². The number of halogens is 1. The molecule has 0 unspecified atom stereocenters. The molecule has 1 heterocycles. The highest BCUT2D eigenvalue weighted by atomic mass is 35.5. The lowest BCUT2D eigenvalue weighted by atomic mass is 10.0. The van der Waals surface area contributed by atoms with Gasteiger partial charge in [-0.25, -0.2) is 4.98 Å². The van der Waals surface area contributed by atoms with E-state index in [1.54, 1.807) is 24.3 Å². The van der Waals surface area contributed by atoms with Crippen molar-refractivity contribution in [2.75, 3.05) is 5.32 Å². The van der Waals surface area contributed by atoms with Gasteiger partial charge in [0.25, 0.3) is 5.91 Å². The largest absolute Gasteiger partial charge is 0.317 e. The number of carbonyl (C=O) groups excluding carboxylic acids is 1. The third-order valence-corrected chi connectivity index (χ3v) is 3.46. The van der Waals surface area contributed by atoms with Crippen LogP contribution in [0.4, 0.5) is 5.82 Å². The number of thiocarbonyl (C=S) groups is 1. The molecular formula is C16H16ClN3OS.